The second-order valence-electron chi connectivity index (χ2n) is 4.37. The van der Waals surface area contributed by atoms with Crippen molar-refractivity contribution in [2.75, 3.05) is 0 Å². The second-order valence-corrected chi connectivity index (χ2v) is 4.37. The van der Waals surface area contributed by atoms with Crippen LogP contribution in [0.1, 0.15) is 42.0 Å². The van der Waals surface area contributed by atoms with Crippen molar-refractivity contribution in [3.63, 3.8) is 0 Å². The highest BCUT2D eigenvalue weighted by Gasteiger charge is 2.14. The molecule has 0 aliphatic heterocycles. The lowest BCUT2D eigenvalue weighted by molar-refractivity contribution is 0.680. The molecule has 0 spiro atoms. The topological polar surface area (TPSA) is 0 Å². The molecule has 0 N–H and O–H groups in total. The van der Waals surface area contributed by atoms with E-state index in [1.807, 2.05) is 0 Å². The summed E-state index contributed by atoms with van der Waals surface area (Å²) in [6.07, 6.45) is 5.21. The summed E-state index contributed by atoms with van der Waals surface area (Å²) in [7, 11) is 0. The van der Waals surface area contributed by atoms with E-state index >= 15 is 0 Å². The zero-order valence-corrected chi connectivity index (χ0v) is 9.19. The normalized spacial score (nSPS) is 15.0. The third kappa shape index (κ3) is 1.50. The van der Waals surface area contributed by atoms with Crippen LogP contribution >= 0.6 is 0 Å². The molecule has 1 aliphatic carbocycles. The Balaban J connectivity index is 2.59. The van der Waals surface area contributed by atoms with Gasteiger partial charge in [-0.1, -0.05) is 24.3 Å². The van der Waals surface area contributed by atoms with Crippen molar-refractivity contribution in [1.82, 2.24) is 0 Å². The van der Waals surface area contributed by atoms with Crippen LogP contribution < -0.4 is 0 Å². The summed E-state index contributed by atoms with van der Waals surface area (Å²) >= 11 is 0. The highest BCUT2D eigenvalue weighted by molar-refractivity contribution is 5.67. The molecular formula is C14H18. The minimum Gasteiger partial charge on any atom is -0.0955 e. The van der Waals surface area contributed by atoms with Crippen molar-refractivity contribution >= 4 is 5.57 Å². The lowest BCUT2D eigenvalue weighted by Crippen LogP contribution is -2.07. The first-order valence-electron chi connectivity index (χ1n) is 5.47. The van der Waals surface area contributed by atoms with Crippen LogP contribution in [0.15, 0.2) is 18.7 Å². The molecule has 74 valence electrons. The molecule has 0 nitrogen and oxygen atoms in total. The van der Waals surface area contributed by atoms with Gasteiger partial charge in [0, 0.05) is 0 Å². The van der Waals surface area contributed by atoms with Crippen molar-refractivity contribution in [1.29, 1.82) is 0 Å². The maximum absolute atomic E-state index is 4.06. The van der Waals surface area contributed by atoms with E-state index in [1.54, 1.807) is 11.1 Å². The van der Waals surface area contributed by atoms with Crippen LogP contribution in [0.3, 0.4) is 0 Å². The van der Waals surface area contributed by atoms with E-state index in [0.29, 0.717) is 0 Å². The molecule has 0 atom stereocenters. The van der Waals surface area contributed by atoms with Crippen LogP contribution in [0, 0.1) is 6.92 Å². The molecule has 0 heterocycles. The van der Waals surface area contributed by atoms with E-state index < -0.39 is 0 Å². The number of benzene rings is 1. The Kier molecular flexibility index (Phi) is 2.45. The Labute approximate surface area is 86.7 Å². The summed E-state index contributed by atoms with van der Waals surface area (Å²) in [6.45, 7) is 8.40. The first kappa shape index (κ1) is 9.51. The first-order valence-corrected chi connectivity index (χ1v) is 5.47. The fourth-order valence-corrected chi connectivity index (χ4v) is 2.45. The molecule has 0 saturated carbocycles. The number of allylic oxidation sites excluding steroid dienone is 1. The average Bonchev–Trinajstić information content (AvgIpc) is 2.18. The number of hydrogen-bond acceptors (Lipinski definition) is 0. The van der Waals surface area contributed by atoms with Gasteiger partial charge in [-0.25, -0.2) is 0 Å². The van der Waals surface area contributed by atoms with Gasteiger partial charge in [0.15, 0.2) is 0 Å². The van der Waals surface area contributed by atoms with E-state index in [0.717, 1.165) is 0 Å². The molecule has 1 aromatic rings. The van der Waals surface area contributed by atoms with Gasteiger partial charge in [0.1, 0.15) is 0 Å². The van der Waals surface area contributed by atoms with Gasteiger partial charge in [-0.3, -0.25) is 0 Å². The van der Waals surface area contributed by atoms with Crippen molar-refractivity contribution in [2.45, 2.75) is 39.5 Å². The van der Waals surface area contributed by atoms with Gasteiger partial charge in [0.25, 0.3) is 0 Å². The van der Waals surface area contributed by atoms with Gasteiger partial charge in [0.2, 0.25) is 0 Å². The monoisotopic (exact) mass is 186 g/mol. The van der Waals surface area contributed by atoms with E-state index in [4.69, 9.17) is 0 Å². The minimum atomic E-state index is 1.21. The fourth-order valence-electron chi connectivity index (χ4n) is 2.45. The van der Waals surface area contributed by atoms with Crippen molar-refractivity contribution in [3.8, 4) is 0 Å². The van der Waals surface area contributed by atoms with E-state index in [2.05, 4.69) is 32.6 Å². The van der Waals surface area contributed by atoms with E-state index in [1.165, 1.54) is 42.4 Å². The number of aryl methyl sites for hydroxylation is 1. The Morgan fingerprint density at radius 3 is 2.43 bits per heavy atom. The standard InChI is InChI=1S/C14H18/c1-10(2)12-9-8-11(3)13-6-4-5-7-14(12)13/h8-9H,1,4-7H2,2-3H3. The first-order chi connectivity index (χ1) is 6.70. The predicted molar refractivity (Wildman–Crippen MR) is 62.5 cm³/mol. The Hall–Kier alpha value is -1.04. The summed E-state index contributed by atoms with van der Waals surface area (Å²) in [5, 5.41) is 0. The molecule has 1 aromatic carbocycles. The van der Waals surface area contributed by atoms with Gasteiger partial charge in [-0.2, -0.15) is 0 Å². The van der Waals surface area contributed by atoms with Crippen LogP contribution in [0.5, 0.6) is 0 Å². The molecule has 0 radical (unpaired) electrons. The minimum absolute atomic E-state index is 1.21. The highest BCUT2D eigenvalue weighted by Crippen LogP contribution is 2.30. The number of fused-ring (bicyclic) bond motifs is 1. The zero-order chi connectivity index (χ0) is 10.1. The molecule has 0 amide bonds. The molecule has 2 rings (SSSR count). The number of rotatable bonds is 1. The lowest BCUT2D eigenvalue weighted by Gasteiger charge is -2.21. The SMILES string of the molecule is C=C(C)c1ccc(C)c2c1CCCC2. The molecule has 14 heavy (non-hydrogen) atoms. The molecule has 1 aliphatic rings. The van der Waals surface area contributed by atoms with Gasteiger partial charge in [-0.15, -0.1) is 0 Å². The third-order valence-electron chi connectivity index (χ3n) is 3.23. The van der Waals surface area contributed by atoms with Crippen molar-refractivity contribution < 1.29 is 0 Å². The maximum atomic E-state index is 4.06. The molecule has 0 aromatic heterocycles. The molecule has 0 heteroatoms. The Morgan fingerprint density at radius 1 is 1.14 bits per heavy atom. The van der Waals surface area contributed by atoms with Crippen molar-refractivity contribution in [2.24, 2.45) is 0 Å². The largest absolute Gasteiger partial charge is 0.0955 e. The van der Waals surface area contributed by atoms with Crippen LogP contribution in [0.25, 0.3) is 5.57 Å². The van der Waals surface area contributed by atoms with E-state index in [-0.39, 0.29) is 0 Å². The van der Waals surface area contributed by atoms with Crippen LogP contribution in [-0.4, -0.2) is 0 Å². The summed E-state index contributed by atoms with van der Waals surface area (Å²) in [5.41, 5.74) is 7.23. The smallest absolute Gasteiger partial charge is 0.0198 e. The Bertz CT molecular complexity index is 372. The summed E-state index contributed by atoms with van der Waals surface area (Å²) in [5.74, 6) is 0. The van der Waals surface area contributed by atoms with Crippen LogP contribution in [0.4, 0.5) is 0 Å². The van der Waals surface area contributed by atoms with E-state index in [9.17, 15) is 0 Å². The highest BCUT2D eigenvalue weighted by atomic mass is 14.2. The summed E-state index contributed by atoms with van der Waals surface area (Å²) in [6, 6.07) is 4.48. The van der Waals surface area contributed by atoms with Crippen LogP contribution in [-0.2, 0) is 12.8 Å². The lowest BCUT2D eigenvalue weighted by atomic mass is 9.84. The van der Waals surface area contributed by atoms with Gasteiger partial charge >= 0.3 is 0 Å². The van der Waals surface area contributed by atoms with Crippen LogP contribution in [0.2, 0.25) is 0 Å². The fraction of sp³-hybridized carbons (Fsp3) is 0.429. The maximum Gasteiger partial charge on any atom is -0.0198 e. The third-order valence-corrected chi connectivity index (χ3v) is 3.23. The molecule has 0 unspecified atom stereocenters. The quantitative estimate of drug-likeness (QED) is 0.624. The predicted octanol–water partition coefficient (Wildman–Crippen LogP) is 3.91. The molecule has 0 saturated heterocycles. The van der Waals surface area contributed by atoms with Gasteiger partial charge in [-0.05, 0) is 61.8 Å². The summed E-state index contributed by atoms with van der Waals surface area (Å²) < 4.78 is 0. The zero-order valence-electron chi connectivity index (χ0n) is 9.19. The summed E-state index contributed by atoms with van der Waals surface area (Å²) in [4.78, 5) is 0. The van der Waals surface area contributed by atoms with Crippen molar-refractivity contribution in [3.05, 3.63) is 41.0 Å². The van der Waals surface area contributed by atoms with Gasteiger partial charge in [0.05, 0.1) is 0 Å². The average molecular weight is 186 g/mol. The number of hydrogen-bond donors (Lipinski definition) is 0. The molecular weight excluding hydrogens is 168 g/mol. The molecule has 0 fully saturated rings. The Morgan fingerprint density at radius 2 is 1.79 bits per heavy atom. The second kappa shape index (κ2) is 3.61. The van der Waals surface area contributed by atoms with Gasteiger partial charge < -0.3 is 0 Å². The molecule has 0 bridgehead atoms.